The molecule has 1 heterocycles. The van der Waals surface area contributed by atoms with Gasteiger partial charge in [-0.2, -0.15) is 0 Å². The van der Waals surface area contributed by atoms with Crippen LogP contribution in [0.25, 0.3) is 0 Å². The van der Waals surface area contributed by atoms with Crippen LogP contribution >= 0.6 is 11.3 Å². The maximum atomic E-state index is 12.9. The first-order chi connectivity index (χ1) is 13.1. The van der Waals surface area contributed by atoms with Crippen LogP contribution in [-0.4, -0.2) is 23.3 Å². The van der Waals surface area contributed by atoms with Crippen molar-refractivity contribution in [2.24, 2.45) is 5.92 Å². The number of carbonyl (C=O) groups excluding carboxylic acids is 2. The van der Waals surface area contributed by atoms with Gasteiger partial charge in [-0.25, -0.2) is 9.37 Å². The van der Waals surface area contributed by atoms with Crippen molar-refractivity contribution in [2.75, 3.05) is 11.9 Å². The molecule has 1 aliphatic rings. The van der Waals surface area contributed by atoms with E-state index in [1.54, 1.807) is 0 Å². The fraction of sp³-hybridized carbons (Fsp3) is 0.450. The van der Waals surface area contributed by atoms with E-state index in [-0.39, 0.29) is 17.6 Å². The molecule has 0 spiro atoms. The van der Waals surface area contributed by atoms with Gasteiger partial charge >= 0.3 is 0 Å². The zero-order chi connectivity index (χ0) is 19.1. The summed E-state index contributed by atoms with van der Waals surface area (Å²) in [6.07, 6.45) is 7.21. The SMILES string of the molecule is O=C(CCc1csc(NC(=O)c2ccc(F)cc2)n1)NCC1CCCCC1. The average molecular weight is 389 g/mol. The molecule has 2 amide bonds. The molecule has 1 aromatic carbocycles. The number of hydrogen-bond acceptors (Lipinski definition) is 4. The second-order valence-corrected chi connectivity index (χ2v) is 7.77. The van der Waals surface area contributed by atoms with Gasteiger partial charge in [-0.05, 0) is 49.4 Å². The molecule has 144 valence electrons. The first-order valence-corrected chi connectivity index (χ1v) is 10.3. The van der Waals surface area contributed by atoms with Crippen LogP contribution in [0.15, 0.2) is 29.6 Å². The predicted molar refractivity (Wildman–Crippen MR) is 104 cm³/mol. The van der Waals surface area contributed by atoms with Crippen LogP contribution in [-0.2, 0) is 11.2 Å². The lowest BCUT2D eigenvalue weighted by Crippen LogP contribution is -2.30. The Morgan fingerprint density at radius 1 is 1.15 bits per heavy atom. The van der Waals surface area contributed by atoms with Gasteiger partial charge in [0.15, 0.2) is 5.13 Å². The fourth-order valence-electron chi connectivity index (χ4n) is 3.23. The zero-order valence-electron chi connectivity index (χ0n) is 15.2. The Hall–Kier alpha value is -2.28. The largest absolute Gasteiger partial charge is 0.356 e. The number of carbonyl (C=O) groups is 2. The summed E-state index contributed by atoms with van der Waals surface area (Å²) in [5.41, 5.74) is 1.15. The lowest BCUT2D eigenvalue weighted by atomic mass is 9.89. The van der Waals surface area contributed by atoms with Gasteiger partial charge < -0.3 is 5.32 Å². The van der Waals surface area contributed by atoms with Crippen molar-refractivity contribution in [3.63, 3.8) is 0 Å². The van der Waals surface area contributed by atoms with Crippen LogP contribution in [0.5, 0.6) is 0 Å². The van der Waals surface area contributed by atoms with Crippen LogP contribution in [0, 0.1) is 11.7 Å². The summed E-state index contributed by atoms with van der Waals surface area (Å²) in [6, 6.07) is 5.34. The molecule has 0 bridgehead atoms. The van der Waals surface area contributed by atoms with Crippen molar-refractivity contribution in [3.05, 3.63) is 46.7 Å². The topological polar surface area (TPSA) is 71.1 Å². The predicted octanol–water partition coefficient (Wildman–Crippen LogP) is 4.16. The molecule has 5 nitrogen and oxygen atoms in total. The van der Waals surface area contributed by atoms with Gasteiger partial charge in [-0.1, -0.05) is 19.3 Å². The summed E-state index contributed by atoms with van der Waals surface area (Å²) in [5.74, 6) is -0.0494. The number of amides is 2. The molecule has 1 fully saturated rings. The van der Waals surface area contributed by atoms with Crippen LogP contribution in [0.2, 0.25) is 0 Å². The number of nitrogens with one attached hydrogen (secondary N) is 2. The summed E-state index contributed by atoms with van der Waals surface area (Å²) in [5, 5.41) is 8.04. The summed E-state index contributed by atoms with van der Waals surface area (Å²) >= 11 is 1.31. The van der Waals surface area contributed by atoms with Crippen molar-refractivity contribution < 1.29 is 14.0 Å². The monoisotopic (exact) mass is 389 g/mol. The van der Waals surface area contributed by atoms with Gasteiger partial charge in [0.1, 0.15) is 5.82 Å². The van der Waals surface area contributed by atoms with Crippen LogP contribution in [0.3, 0.4) is 0 Å². The number of aryl methyl sites for hydroxylation is 1. The summed E-state index contributed by atoms with van der Waals surface area (Å²) in [4.78, 5) is 28.5. The zero-order valence-corrected chi connectivity index (χ0v) is 16.0. The molecular weight excluding hydrogens is 365 g/mol. The first-order valence-electron chi connectivity index (χ1n) is 9.38. The summed E-state index contributed by atoms with van der Waals surface area (Å²) in [6.45, 7) is 0.773. The van der Waals surface area contributed by atoms with E-state index >= 15 is 0 Å². The third kappa shape index (κ3) is 6.13. The lowest BCUT2D eigenvalue weighted by Gasteiger charge is -2.21. The van der Waals surface area contributed by atoms with Crippen LogP contribution < -0.4 is 10.6 Å². The standard InChI is InChI=1S/C20H24FN3O2S/c21-16-8-6-15(7-9-16)19(26)24-20-23-17(13-27-20)10-11-18(25)22-12-14-4-2-1-3-5-14/h6-9,13-14H,1-5,10-12H2,(H,22,25)(H,23,24,26). The Labute approximate surface area is 162 Å². The van der Waals surface area contributed by atoms with Crippen molar-refractivity contribution >= 4 is 28.3 Å². The molecule has 1 aromatic heterocycles. The van der Waals surface area contributed by atoms with E-state index in [1.165, 1.54) is 67.7 Å². The molecule has 2 aromatic rings. The Balaban J connectivity index is 1.41. The highest BCUT2D eigenvalue weighted by Gasteiger charge is 2.15. The number of thiazole rings is 1. The van der Waals surface area contributed by atoms with E-state index in [9.17, 15) is 14.0 Å². The van der Waals surface area contributed by atoms with E-state index in [2.05, 4.69) is 15.6 Å². The van der Waals surface area contributed by atoms with Crippen molar-refractivity contribution in [2.45, 2.75) is 44.9 Å². The molecule has 3 rings (SSSR count). The Bertz CT molecular complexity index is 770. The van der Waals surface area contributed by atoms with Crippen molar-refractivity contribution in [1.29, 1.82) is 0 Å². The van der Waals surface area contributed by atoms with Gasteiger partial charge in [0.05, 0.1) is 5.69 Å². The number of benzene rings is 1. The van der Waals surface area contributed by atoms with E-state index in [0.717, 1.165) is 12.2 Å². The van der Waals surface area contributed by atoms with Gasteiger partial charge in [-0.15, -0.1) is 11.3 Å². The maximum Gasteiger partial charge on any atom is 0.257 e. The molecule has 2 N–H and O–H groups in total. The molecule has 1 aliphatic carbocycles. The minimum Gasteiger partial charge on any atom is -0.356 e. The Morgan fingerprint density at radius 2 is 1.89 bits per heavy atom. The van der Waals surface area contributed by atoms with Gasteiger partial charge in [0.25, 0.3) is 5.91 Å². The molecule has 1 saturated carbocycles. The number of anilines is 1. The fourth-order valence-corrected chi connectivity index (χ4v) is 3.97. The highest BCUT2D eigenvalue weighted by Crippen LogP contribution is 2.23. The van der Waals surface area contributed by atoms with Crippen LogP contribution in [0.1, 0.15) is 54.6 Å². The van der Waals surface area contributed by atoms with Gasteiger partial charge in [-0.3, -0.25) is 14.9 Å². The molecule has 0 aliphatic heterocycles. The third-order valence-corrected chi connectivity index (χ3v) is 5.61. The van der Waals surface area contributed by atoms with Crippen LogP contribution in [0.4, 0.5) is 9.52 Å². The number of halogens is 1. The molecular formula is C20H24FN3O2S. The third-order valence-electron chi connectivity index (χ3n) is 4.80. The second-order valence-electron chi connectivity index (χ2n) is 6.91. The first kappa shape index (κ1) is 19.5. The number of aromatic nitrogens is 1. The van der Waals surface area contributed by atoms with E-state index in [4.69, 9.17) is 0 Å². The van der Waals surface area contributed by atoms with E-state index in [1.807, 2.05) is 5.38 Å². The van der Waals surface area contributed by atoms with E-state index in [0.29, 0.717) is 29.5 Å². The minimum absolute atomic E-state index is 0.0467. The lowest BCUT2D eigenvalue weighted by molar-refractivity contribution is -0.121. The Kier molecular flexibility index (Phi) is 6.92. The minimum atomic E-state index is -0.384. The number of rotatable bonds is 7. The van der Waals surface area contributed by atoms with Crippen molar-refractivity contribution in [3.8, 4) is 0 Å². The molecule has 7 heteroatoms. The highest BCUT2D eigenvalue weighted by atomic mass is 32.1. The summed E-state index contributed by atoms with van der Waals surface area (Å²) in [7, 11) is 0. The van der Waals surface area contributed by atoms with E-state index < -0.39 is 0 Å². The normalized spacial score (nSPS) is 14.7. The van der Waals surface area contributed by atoms with Crippen molar-refractivity contribution in [1.82, 2.24) is 10.3 Å². The average Bonchev–Trinajstić information content (AvgIpc) is 3.13. The number of hydrogen-bond donors (Lipinski definition) is 2. The number of nitrogens with zero attached hydrogens (tertiary/aromatic N) is 1. The molecule has 0 saturated heterocycles. The quantitative estimate of drug-likeness (QED) is 0.747. The van der Waals surface area contributed by atoms with Gasteiger partial charge in [0.2, 0.25) is 5.91 Å². The smallest absolute Gasteiger partial charge is 0.257 e. The summed E-state index contributed by atoms with van der Waals surface area (Å²) < 4.78 is 12.9. The Morgan fingerprint density at radius 3 is 2.63 bits per heavy atom. The maximum absolute atomic E-state index is 12.9. The van der Waals surface area contributed by atoms with Gasteiger partial charge in [0, 0.05) is 23.9 Å². The molecule has 0 atom stereocenters. The second kappa shape index (κ2) is 9.60. The molecule has 27 heavy (non-hydrogen) atoms. The molecule has 0 unspecified atom stereocenters. The highest BCUT2D eigenvalue weighted by molar-refractivity contribution is 7.14. The molecule has 0 radical (unpaired) electrons.